The van der Waals surface area contributed by atoms with Crippen molar-refractivity contribution in [1.29, 1.82) is 0 Å². The lowest BCUT2D eigenvalue weighted by Crippen LogP contribution is -2.58. The predicted octanol–water partition coefficient (Wildman–Crippen LogP) is 0.691. The number of nitrogens with one attached hydrogen (secondary N) is 1. The first-order valence-electron chi connectivity index (χ1n) is 6.87. The Morgan fingerprint density at radius 3 is 2.44 bits per heavy atom. The average Bonchev–Trinajstić information content (AvgIpc) is 2.22. The molecule has 0 unspecified atom stereocenters. The quantitative estimate of drug-likeness (QED) is 0.702. The summed E-state index contributed by atoms with van der Waals surface area (Å²) in [4.78, 5) is 12.8. The van der Waals surface area contributed by atoms with Gasteiger partial charge in [0.05, 0.1) is 12.6 Å². The summed E-state index contributed by atoms with van der Waals surface area (Å²) in [6.45, 7) is 3.01. The summed E-state index contributed by atoms with van der Waals surface area (Å²) < 4.78 is 5.26. The molecule has 0 spiro atoms. The van der Waals surface area contributed by atoms with Gasteiger partial charge in [-0.25, -0.2) is 0 Å². The maximum atomic E-state index is 10.7. The van der Waals surface area contributed by atoms with Gasteiger partial charge in [0, 0.05) is 25.2 Å². The molecular formula is C13H24N2O3. The van der Waals surface area contributed by atoms with Gasteiger partial charge in [0.15, 0.2) is 0 Å². The highest BCUT2D eigenvalue weighted by Gasteiger charge is 2.37. The molecule has 0 aromatic heterocycles. The molecule has 0 aromatic rings. The monoisotopic (exact) mass is 256 g/mol. The first-order chi connectivity index (χ1) is 8.62. The van der Waals surface area contributed by atoms with Gasteiger partial charge in [0.2, 0.25) is 0 Å². The van der Waals surface area contributed by atoms with Crippen molar-refractivity contribution in [3.05, 3.63) is 0 Å². The van der Waals surface area contributed by atoms with E-state index in [9.17, 15) is 4.79 Å². The molecule has 2 aliphatic carbocycles. The number of carbonyl (C=O) groups is 1. The van der Waals surface area contributed by atoms with Crippen LogP contribution in [0.15, 0.2) is 0 Å². The highest BCUT2D eigenvalue weighted by molar-refractivity contribution is 5.69. The number of hydrogen-bond acceptors (Lipinski definition) is 4. The van der Waals surface area contributed by atoms with Crippen molar-refractivity contribution in [3.8, 4) is 0 Å². The fourth-order valence-electron chi connectivity index (χ4n) is 2.92. The summed E-state index contributed by atoms with van der Waals surface area (Å²) in [6, 6.07) is 1.62. The van der Waals surface area contributed by atoms with E-state index in [0.717, 1.165) is 32.2 Å². The molecule has 5 heteroatoms. The standard InChI is InChI=1S/C13H24N2O3/c1-3-15(8-13(16)17)11-4-9(5-11)14-10-6-12(7-10)18-2/h9-12,14H,3-8H2,1-2H3,(H,16,17). The van der Waals surface area contributed by atoms with Crippen molar-refractivity contribution in [1.82, 2.24) is 10.2 Å². The lowest BCUT2D eigenvalue weighted by molar-refractivity contribution is -0.139. The molecule has 0 aromatic carbocycles. The Bertz CT molecular complexity index is 286. The second-order valence-corrected chi connectivity index (χ2v) is 5.47. The number of ether oxygens (including phenoxy) is 1. The molecule has 0 aliphatic heterocycles. The van der Waals surface area contributed by atoms with E-state index in [1.165, 1.54) is 0 Å². The molecule has 2 fully saturated rings. The van der Waals surface area contributed by atoms with E-state index in [4.69, 9.17) is 9.84 Å². The van der Waals surface area contributed by atoms with Crippen LogP contribution < -0.4 is 5.32 Å². The lowest BCUT2D eigenvalue weighted by atomic mass is 9.81. The van der Waals surface area contributed by atoms with Crippen molar-refractivity contribution >= 4 is 5.97 Å². The third-order valence-electron chi connectivity index (χ3n) is 4.27. The minimum Gasteiger partial charge on any atom is -0.480 e. The summed E-state index contributed by atoms with van der Waals surface area (Å²) in [7, 11) is 1.77. The highest BCUT2D eigenvalue weighted by atomic mass is 16.5. The van der Waals surface area contributed by atoms with E-state index in [1.807, 2.05) is 6.92 Å². The average molecular weight is 256 g/mol. The number of nitrogens with zero attached hydrogens (tertiary/aromatic N) is 1. The van der Waals surface area contributed by atoms with Crippen LogP contribution in [0, 0.1) is 0 Å². The molecule has 2 aliphatic rings. The summed E-state index contributed by atoms with van der Waals surface area (Å²) in [6.07, 6.45) is 4.83. The molecule has 2 rings (SSSR count). The van der Waals surface area contributed by atoms with Crippen LogP contribution in [0.1, 0.15) is 32.6 Å². The molecule has 0 radical (unpaired) electrons. The number of carboxylic acid groups (broad SMARTS) is 1. The molecule has 0 atom stereocenters. The van der Waals surface area contributed by atoms with Crippen molar-refractivity contribution in [3.63, 3.8) is 0 Å². The third kappa shape index (κ3) is 3.22. The maximum absolute atomic E-state index is 10.7. The van der Waals surface area contributed by atoms with E-state index < -0.39 is 5.97 Å². The molecule has 0 bridgehead atoms. The zero-order chi connectivity index (χ0) is 13.1. The minimum atomic E-state index is -0.727. The summed E-state index contributed by atoms with van der Waals surface area (Å²) >= 11 is 0. The topological polar surface area (TPSA) is 61.8 Å². The minimum absolute atomic E-state index is 0.170. The molecule has 2 N–H and O–H groups in total. The van der Waals surface area contributed by atoms with Gasteiger partial charge in [-0.05, 0) is 32.2 Å². The van der Waals surface area contributed by atoms with Crippen LogP contribution in [0.2, 0.25) is 0 Å². The molecule has 0 amide bonds. The SMILES string of the molecule is CCN(CC(=O)O)C1CC(NC2CC(OC)C2)C1. The lowest BCUT2D eigenvalue weighted by Gasteiger charge is -2.46. The predicted molar refractivity (Wildman–Crippen MR) is 68.6 cm³/mol. The van der Waals surface area contributed by atoms with Crippen LogP contribution in [0.25, 0.3) is 0 Å². The van der Waals surface area contributed by atoms with Gasteiger partial charge < -0.3 is 15.2 Å². The van der Waals surface area contributed by atoms with Crippen molar-refractivity contribution in [2.24, 2.45) is 0 Å². The zero-order valence-electron chi connectivity index (χ0n) is 11.3. The van der Waals surface area contributed by atoms with E-state index in [1.54, 1.807) is 7.11 Å². The van der Waals surface area contributed by atoms with Gasteiger partial charge in [0.25, 0.3) is 0 Å². The third-order valence-corrected chi connectivity index (χ3v) is 4.27. The Balaban J connectivity index is 1.62. The van der Waals surface area contributed by atoms with E-state index in [-0.39, 0.29) is 6.54 Å². The Kier molecular flexibility index (Phi) is 4.59. The highest BCUT2D eigenvalue weighted by Crippen LogP contribution is 2.30. The maximum Gasteiger partial charge on any atom is 0.317 e. The van der Waals surface area contributed by atoms with Crippen molar-refractivity contribution in [2.45, 2.75) is 56.8 Å². The van der Waals surface area contributed by atoms with Gasteiger partial charge in [-0.3, -0.25) is 9.69 Å². The van der Waals surface area contributed by atoms with Gasteiger partial charge in [-0.15, -0.1) is 0 Å². The van der Waals surface area contributed by atoms with E-state index >= 15 is 0 Å². The molecule has 104 valence electrons. The fourth-order valence-corrected chi connectivity index (χ4v) is 2.92. The molecule has 2 saturated carbocycles. The van der Waals surface area contributed by atoms with Gasteiger partial charge in [-0.1, -0.05) is 6.92 Å². The number of methoxy groups -OCH3 is 1. The summed E-state index contributed by atoms with van der Waals surface area (Å²) in [5.74, 6) is -0.727. The largest absolute Gasteiger partial charge is 0.480 e. The number of hydrogen-bond donors (Lipinski definition) is 2. The van der Waals surface area contributed by atoms with Crippen LogP contribution in [-0.2, 0) is 9.53 Å². The second kappa shape index (κ2) is 5.99. The van der Waals surface area contributed by atoms with Gasteiger partial charge in [0.1, 0.15) is 0 Å². The number of rotatable bonds is 7. The molecular weight excluding hydrogens is 232 g/mol. The first-order valence-corrected chi connectivity index (χ1v) is 6.87. The normalized spacial score (nSPS) is 35.1. The number of aliphatic carboxylic acids is 1. The van der Waals surface area contributed by atoms with Crippen LogP contribution in [0.5, 0.6) is 0 Å². The van der Waals surface area contributed by atoms with Crippen molar-refractivity contribution in [2.75, 3.05) is 20.2 Å². The Labute approximate surface area is 108 Å². The second-order valence-electron chi connectivity index (χ2n) is 5.47. The number of carboxylic acids is 1. The van der Waals surface area contributed by atoms with Crippen molar-refractivity contribution < 1.29 is 14.6 Å². The molecule has 5 nitrogen and oxygen atoms in total. The number of likely N-dealkylation sites (N-methyl/N-ethyl adjacent to an activating group) is 1. The Morgan fingerprint density at radius 1 is 1.33 bits per heavy atom. The zero-order valence-corrected chi connectivity index (χ0v) is 11.3. The van der Waals surface area contributed by atoms with Gasteiger partial charge in [-0.2, -0.15) is 0 Å². The van der Waals surface area contributed by atoms with Crippen LogP contribution in [-0.4, -0.2) is 60.4 Å². The summed E-state index contributed by atoms with van der Waals surface area (Å²) in [5, 5.41) is 12.5. The molecule has 18 heavy (non-hydrogen) atoms. The molecule has 0 heterocycles. The fraction of sp³-hybridized carbons (Fsp3) is 0.923. The molecule has 0 saturated heterocycles. The van der Waals surface area contributed by atoms with Gasteiger partial charge >= 0.3 is 5.97 Å². The first kappa shape index (κ1) is 13.8. The smallest absolute Gasteiger partial charge is 0.317 e. The van der Waals surface area contributed by atoms with E-state index in [2.05, 4.69) is 10.2 Å². The van der Waals surface area contributed by atoms with Crippen LogP contribution >= 0.6 is 0 Å². The van der Waals surface area contributed by atoms with E-state index in [0.29, 0.717) is 24.2 Å². The Morgan fingerprint density at radius 2 is 1.94 bits per heavy atom. The Hall–Kier alpha value is -0.650. The summed E-state index contributed by atoms with van der Waals surface area (Å²) in [5.41, 5.74) is 0. The van der Waals surface area contributed by atoms with Crippen LogP contribution in [0.4, 0.5) is 0 Å². The van der Waals surface area contributed by atoms with Crippen LogP contribution in [0.3, 0.4) is 0 Å².